The van der Waals surface area contributed by atoms with Gasteiger partial charge in [0.15, 0.2) is 0 Å². The van der Waals surface area contributed by atoms with Gasteiger partial charge in [0, 0.05) is 26.2 Å². The van der Waals surface area contributed by atoms with Gasteiger partial charge in [-0.2, -0.15) is 0 Å². The van der Waals surface area contributed by atoms with E-state index in [1.165, 1.54) is 250 Å². The number of carbonyl (C=O) groups is 1. The number of hydrogen-bond donors (Lipinski definition) is 3. The minimum atomic E-state index is -0.0342. The normalized spacial score (nSPS) is 10.9. The lowest BCUT2D eigenvalue weighted by Crippen LogP contribution is -2.10. The van der Waals surface area contributed by atoms with Crippen molar-refractivity contribution in [2.75, 3.05) is 19.8 Å². The zero-order valence-corrected chi connectivity index (χ0v) is 43.6. The van der Waals surface area contributed by atoms with Gasteiger partial charge in [0.05, 0.1) is 6.10 Å². The summed E-state index contributed by atoms with van der Waals surface area (Å²) in [6.07, 6.45) is 62.0. The Balaban J connectivity index is -0.000000378. The van der Waals surface area contributed by atoms with Crippen LogP contribution < -0.4 is 0 Å². The van der Waals surface area contributed by atoms with Crippen molar-refractivity contribution in [2.24, 2.45) is 0 Å². The van der Waals surface area contributed by atoms with Crippen LogP contribution in [0.15, 0.2) is 12.2 Å². The predicted octanol–water partition coefficient (Wildman–Crippen LogP) is 18.7. The molecular weight excluding hydrogens is 765 g/mol. The average molecular weight is 884 g/mol. The Labute approximate surface area is 391 Å². The highest BCUT2D eigenvalue weighted by atomic mass is 16.5. The standard InChI is InChI=1S/C19H38O2.C18H36O.C12H26O.C8H18O/c1-4-5-6-7-8-9-10-11-12-13-14-15-16-17-19(20)21-18(2)3;1-2-3-4-5-6-7-8-9-10-11-12-13-14-15-16-17-18-19;1-2-3-4-5-6-7-8-9-10-11-12-13;1-2-3-4-5-6-7-8-9/h18H,4-17H2,1-3H3;9-10,19H,2-8,11-18H2,1H3;13H,2-12H2,1H3;9H,2-8H2,1H3/b;10-9-;;. The molecule has 0 unspecified atom stereocenters. The molecule has 0 spiro atoms. The lowest BCUT2D eigenvalue weighted by molar-refractivity contribution is -0.147. The van der Waals surface area contributed by atoms with Gasteiger partial charge in [-0.3, -0.25) is 4.79 Å². The van der Waals surface area contributed by atoms with Crippen LogP contribution in [0.3, 0.4) is 0 Å². The first kappa shape index (κ1) is 67.7. The fourth-order valence-electron chi connectivity index (χ4n) is 7.46. The number of ether oxygens (including phenoxy) is 1. The Bertz CT molecular complexity index is 737. The molecule has 5 nitrogen and oxygen atoms in total. The second-order valence-electron chi connectivity index (χ2n) is 18.6. The van der Waals surface area contributed by atoms with Crippen LogP contribution in [0.4, 0.5) is 0 Å². The molecule has 0 amide bonds. The molecule has 62 heavy (non-hydrogen) atoms. The molecule has 0 fully saturated rings. The van der Waals surface area contributed by atoms with Gasteiger partial charge >= 0.3 is 5.97 Å². The largest absolute Gasteiger partial charge is 0.463 e. The molecule has 0 aromatic rings. The molecule has 0 bridgehead atoms. The summed E-state index contributed by atoms with van der Waals surface area (Å²) in [6, 6.07) is 0. The minimum Gasteiger partial charge on any atom is -0.463 e. The first-order chi connectivity index (χ1) is 30.4. The summed E-state index contributed by atoms with van der Waals surface area (Å²) < 4.78 is 5.12. The maximum Gasteiger partial charge on any atom is 0.306 e. The van der Waals surface area contributed by atoms with E-state index in [1.807, 2.05) is 13.8 Å². The van der Waals surface area contributed by atoms with Crippen LogP contribution in [0.5, 0.6) is 0 Å². The molecule has 5 heteroatoms. The average Bonchev–Trinajstić information content (AvgIpc) is 3.26. The fraction of sp³-hybridized carbons (Fsp3) is 0.947. The molecular formula is C57H118O5. The summed E-state index contributed by atoms with van der Waals surface area (Å²) in [7, 11) is 0. The van der Waals surface area contributed by atoms with Crippen molar-refractivity contribution in [3.05, 3.63) is 12.2 Å². The van der Waals surface area contributed by atoms with Crippen molar-refractivity contribution in [1.82, 2.24) is 0 Å². The highest BCUT2D eigenvalue weighted by molar-refractivity contribution is 5.69. The van der Waals surface area contributed by atoms with Gasteiger partial charge in [-0.15, -0.1) is 0 Å². The molecule has 0 saturated heterocycles. The monoisotopic (exact) mass is 883 g/mol. The molecule has 0 radical (unpaired) electrons. The van der Waals surface area contributed by atoms with Crippen LogP contribution >= 0.6 is 0 Å². The molecule has 0 aromatic heterocycles. The first-order valence-electron chi connectivity index (χ1n) is 28.1. The Morgan fingerprint density at radius 3 is 0.774 bits per heavy atom. The Morgan fingerprint density at radius 1 is 0.339 bits per heavy atom. The molecule has 0 rings (SSSR count). The number of allylic oxidation sites excluding steroid dienone is 2. The van der Waals surface area contributed by atoms with Crippen LogP contribution in [0.2, 0.25) is 0 Å². The number of aliphatic hydroxyl groups excluding tert-OH is 3. The quantitative estimate of drug-likeness (QED) is 0.0322. The third kappa shape index (κ3) is 79.5. The van der Waals surface area contributed by atoms with E-state index in [-0.39, 0.29) is 12.1 Å². The van der Waals surface area contributed by atoms with Gasteiger partial charge in [-0.25, -0.2) is 0 Å². The first-order valence-corrected chi connectivity index (χ1v) is 28.1. The third-order valence-corrected chi connectivity index (χ3v) is 11.5. The van der Waals surface area contributed by atoms with Crippen LogP contribution in [-0.4, -0.2) is 47.2 Å². The number of hydrogen-bond acceptors (Lipinski definition) is 5. The van der Waals surface area contributed by atoms with Crippen molar-refractivity contribution >= 4 is 5.97 Å². The zero-order chi connectivity index (χ0) is 46.5. The molecule has 0 saturated carbocycles. The van der Waals surface area contributed by atoms with E-state index < -0.39 is 0 Å². The summed E-state index contributed by atoms with van der Waals surface area (Å²) >= 11 is 0. The second-order valence-corrected chi connectivity index (χ2v) is 18.6. The van der Waals surface area contributed by atoms with E-state index in [0.29, 0.717) is 26.2 Å². The van der Waals surface area contributed by atoms with E-state index in [4.69, 9.17) is 20.1 Å². The zero-order valence-electron chi connectivity index (χ0n) is 43.6. The van der Waals surface area contributed by atoms with Crippen LogP contribution in [0.25, 0.3) is 0 Å². The van der Waals surface area contributed by atoms with E-state index in [1.54, 1.807) is 0 Å². The van der Waals surface area contributed by atoms with Crippen molar-refractivity contribution in [3.8, 4) is 0 Å². The van der Waals surface area contributed by atoms with Gasteiger partial charge in [0.1, 0.15) is 0 Å². The van der Waals surface area contributed by atoms with Crippen molar-refractivity contribution in [3.63, 3.8) is 0 Å². The van der Waals surface area contributed by atoms with Crippen molar-refractivity contribution in [2.45, 2.75) is 330 Å². The number of esters is 1. The van der Waals surface area contributed by atoms with Crippen LogP contribution in [-0.2, 0) is 9.53 Å². The number of aliphatic hydroxyl groups is 3. The molecule has 3 N–H and O–H groups in total. The van der Waals surface area contributed by atoms with E-state index in [9.17, 15) is 4.79 Å². The summed E-state index contributed by atoms with van der Waals surface area (Å²) in [5.74, 6) is -0.0342. The number of rotatable bonds is 46. The topological polar surface area (TPSA) is 87.0 Å². The lowest BCUT2D eigenvalue weighted by atomic mass is 10.0. The molecule has 0 aliphatic rings. The van der Waals surface area contributed by atoms with Gasteiger partial charge < -0.3 is 20.1 Å². The molecule has 0 atom stereocenters. The molecule has 0 aliphatic carbocycles. The van der Waals surface area contributed by atoms with Gasteiger partial charge in [-0.1, -0.05) is 265 Å². The molecule has 0 heterocycles. The predicted molar refractivity (Wildman–Crippen MR) is 277 cm³/mol. The Morgan fingerprint density at radius 2 is 0.548 bits per heavy atom. The molecule has 0 aliphatic heterocycles. The van der Waals surface area contributed by atoms with E-state index >= 15 is 0 Å². The van der Waals surface area contributed by atoms with Gasteiger partial charge in [0.25, 0.3) is 0 Å². The highest BCUT2D eigenvalue weighted by Crippen LogP contribution is 2.14. The second kappa shape index (κ2) is 69.1. The minimum absolute atomic E-state index is 0.0273. The summed E-state index contributed by atoms with van der Waals surface area (Å²) in [4.78, 5) is 11.3. The Kier molecular flexibility index (Phi) is 75.5. The van der Waals surface area contributed by atoms with Crippen LogP contribution in [0.1, 0.15) is 324 Å². The summed E-state index contributed by atoms with van der Waals surface area (Å²) in [5.41, 5.74) is 0. The lowest BCUT2D eigenvalue weighted by Gasteiger charge is -2.07. The van der Waals surface area contributed by atoms with Crippen molar-refractivity contribution in [1.29, 1.82) is 0 Å². The van der Waals surface area contributed by atoms with E-state index in [0.717, 1.165) is 25.7 Å². The smallest absolute Gasteiger partial charge is 0.306 e. The summed E-state index contributed by atoms with van der Waals surface area (Å²) in [6.45, 7) is 13.9. The number of unbranched alkanes of at least 4 members (excludes halogenated alkanes) is 38. The van der Waals surface area contributed by atoms with Crippen LogP contribution in [0, 0.1) is 0 Å². The SMILES string of the molecule is CCCCCCCC/C=C\CCCCCCCCO.CCCCCCCCCCCCCCCC(=O)OC(C)C.CCCCCCCCCCCCO.CCCCCCCCO. The maximum absolute atomic E-state index is 11.3. The highest BCUT2D eigenvalue weighted by Gasteiger charge is 2.04. The van der Waals surface area contributed by atoms with Gasteiger partial charge in [0.2, 0.25) is 0 Å². The Hall–Kier alpha value is -0.910. The van der Waals surface area contributed by atoms with Crippen molar-refractivity contribution < 1.29 is 24.9 Å². The fourth-order valence-corrected chi connectivity index (χ4v) is 7.46. The third-order valence-electron chi connectivity index (χ3n) is 11.5. The molecule has 0 aromatic carbocycles. The number of carbonyl (C=O) groups excluding carboxylic acids is 1. The molecule has 376 valence electrons. The maximum atomic E-state index is 11.3. The van der Waals surface area contributed by atoms with Gasteiger partial charge in [-0.05, 0) is 65.2 Å². The van der Waals surface area contributed by atoms with E-state index in [2.05, 4.69) is 39.8 Å². The summed E-state index contributed by atoms with van der Waals surface area (Å²) in [5, 5.41) is 25.6.